The zero-order valence-corrected chi connectivity index (χ0v) is 41.2. The third-order valence-electron chi connectivity index (χ3n) is 15.2. The molecule has 15 aromatic rings. The second-order valence-electron chi connectivity index (χ2n) is 19.7. The van der Waals surface area contributed by atoms with Crippen molar-refractivity contribution in [1.82, 2.24) is 0 Å². The molecule has 12 aromatic carbocycles. The molecule has 3 aromatic heterocycles. The fourth-order valence-electron chi connectivity index (χ4n) is 11.7. The molecule has 0 saturated carbocycles. The minimum absolute atomic E-state index is 0.824. The van der Waals surface area contributed by atoms with Crippen LogP contribution in [0.1, 0.15) is 11.1 Å². The maximum Gasteiger partial charge on any atom is 0.159 e. The molecule has 0 bridgehead atoms. The summed E-state index contributed by atoms with van der Waals surface area (Å²) in [6.07, 6.45) is 0. The summed E-state index contributed by atoms with van der Waals surface area (Å²) < 4.78 is 21.3. The Morgan fingerprint density at radius 2 is 0.547 bits per heavy atom. The first kappa shape index (κ1) is 42.8. The number of fused-ring (bicyclic) bond motifs is 13. The van der Waals surface area contributed by atoms with Crippen molar-refractivity contribution in [2.24, 2.45) is 0 Å². The van der Waals surface area contributed by atoms with Gasteiger partial charge in [-0.05, 0) is 95.8 Å². The third-order valence-corrected chi connectivity index (χ3v) is 15.2. The maximum absolute atomic E-state index is 7.30. The van der Waals surface area contributed by atoms with E-state index in [0.717, 1.165) is 155 Å². The molecule has 0 saturated heterocycles. The predicted octanol–water partition coefficient (Wildman–Crippen LogP) is 20.6. The second kappa shape index (κ2) is 16.9. The molecule has 5 nitrogen and oxygen atoms in total. The lowest BCUT2D eigenvalue weighted by Crippen LogP contribution is -2.11. The number of benzene rings is 12. The van der Waals surface area contributed by atoms with Crippen LogP contribution in [0.15, 0.2) is 256 Å². The van der Waals surface area contributed by atoms with Crippen LogP contribution in [0.4, 0.5) is 34.1 Å². The van der Waals surface area contributed by atoms with Gasteiger partial charge in [-0.3, -0.25) is 0 Å². The molecule has 0 amide bonds. The van der Waals surface area contributed by atoms with E-state index >= 15 is 0 Å². The standard InChI is InChI=1S/C70H46N2O3/c1-43-19-13-33-55-57-35-17-37-61(69(57)73-65(43)55)71(49-27-15-25-47(39-49)45-21-5-3-6-22-45)63-41-59-60-42-64(52-30-10-12-32-54(52)68(60)75-67(59)53-31-11-9-29-51(53)63)72(50-28-16-26-48(40-50)46-23-7-4-8-24-46)62-38-18-36-58-56-34-14-20-44(2)66(56)74-70(58)62/h3-42H,1-2H3. The summed E-state index contributed by atoms with van der Waals surface area (Å²) in [5.41, 5.74) is 17.7. The Balaban J connectivity index is 1.04. The van der Waals surface area contributed by atoms with Gasteiger partial charge in [0.2, 0.25) is 0 Å². The summed E-state index contributed by atoms with van der Waals surface area (Å²) in [6.45, 7) is 4.24. The van der Waals surface area contributed by atoms with Gasteiger partial charge in [-0.1, -0.05) is 194 Å². The zero-order valence-electron chi connectivity index (χ0n) is 41.2. The van der Waals surface area contributed by atoms with Crippen LogP contribution in [0.3, 0.4) is 0 Å². The number of anilines is 6. The average molecular weight is 963 g/mol. The molecule has 0 fully saturated rings. The first-order valence-electron chi connectivity index (χ1n) is 25.6. The molecule has 0 radical (unpaired) electrons. The Morgan fingerprint density at radius 3 is 0.987 bits per heavy atom. The Bertz CT molecular complexity index is 4450. The molecular formula is C70H46N2O3. The highest BCUT2D eigenvalue weighted by molar-refractivity contribution is 6.26. The predicted molar refractivity (Wildman–Crippen MR) is 313 cm³/mol. The van der Waals surface area contributed by atoms with Crippen LogP contribution < -0.4 is 9.80 Å². The number of rotatable bonds is 8. The van der Waals surface area contributed by atoms with E-state index in [4.69, 9.17) is 13.3 Å². The van der Waals surface area contributed by atoms with Gasteiger partial charge < -0.3 is 23.1 Å². The molecule has 75 heavy (non-hydrogen) atoms. The molecule has 15 rings (SSSR count). The van der Waals surface area contributed by atoms with Gasteiger partial charge in [0.25, 0.3) is 0 Å². The van der Waals surface area contributed by atoms with Crippen molar-refractivity contribution in [3.05, 3.63) is 254 Å². The van der Waals surface area contributed by atoms with Crippen molar-refractivity contribution >= 4 is 121 Å². The van der Waals surface area contributed by atoms with E-state index in [2.05, 4.69) is 266 Å². The van der Waals surface area contributed by atoms with Crippen molar-refractivity contribution < 1.29 is 13.3 Å². The van der Waals surface area contributed by atoms with Gasteiger partial charge in [0.1, 0.15) is 22.3 Å². The molecule has 0 unspecified atom stereocenters. The van der Waals surface area contributed by atoms with Crippen molar-refractivity contribution in [2.45, 2.75) is 13.8 Å². The van der Waals surface area contributed by atoms with Gasteiger partial charge in [0, 0.05) is 65.2 Å². The highest BCUT2D eigenvalue weighted by Gasteiger charge is 2.28. The summed E-state index contributed by atoms with van der Waals surface area (Å²) in [6, 6.07) is 86.7. The van der Waals surface area contributed by atoms with Crippen LogP contribution in [-0.4, -0.2) is 0 Å². The fraction of sp³-hybridized carbons (Fsp3) is 0.0286. The van der Waals surface area contributed by atoms with E-state index in [0.29, 0.717) is 0 Å². The molecule has 0 atom stereocenters. The molecule has 0 aliphatic carbocycles. The maximum atomic E-state index is 7.30. The molecule has 0 spiro atoms. The van der Waals surface area contributed by atoms with Gasteiger partial charge in [-0.15, -0.1) is 0 Å². The van der Waals surface area contributed by atoms with E-state index in [1.165, 1.54) is 0 Å². The molecule has 0 N–H and O–H groups in total. The second-order valence-corrected chi connectivity index (χ2v) is 19.7. The molecule has 354 valence electrons. The Labute approximate surface area is 432 Å². The molecule has 3 heterocycles. The smallest absolute Gasteiger partial charge is 0.159 e. The minimum Gasteiger partial charge on any atom is -0.455 e. The van der Waals surface area contributed by atoms with Crippen LogP contribution in [0.5, 0.6) is 0 Å². The lowest BCUT2D eigenvalue weighted by Gasteiger charge is -2.28. The number of para-hydroxylation sites is 4. The quantitative estimate of drug-likeness (QED) is 0.152. The summed E-state index contributed by atoms with van der Waals surface area (Å²) in [7, 11) is 0. The largest absolute Gasteiger partial charge is 0.455 e. The lowest BCUT2D eigenvalue weighted by molar-refractivity contribution is 0.665. The molecular weight excluding hydrogens is 917 g/mol. The number of hydrogen-bond acceptors (Lipinski definition) is 5. The van der Waals surface area contributed by atoms with Gasteiger partial charge in [0.05, 0.1) is 22.7 Å². The number of aryl methyl sites for hydroxylation is 2. The van der Waals surface area contributed by atoms with Gasteiger partial charge >= 0.3 is 0 Å². The van der Waals surface area contributed by atoms with E-state index in [9.17, 15) is 0 Å². The van der Waals surface area contributed by atoms with Crippen LogP contribution >= 0.6 is 0 Å². The van der Waals surface area contributed by atoms with Crippen molar-refractivity contribution in [2.75, 3.05) is 9.80 Å². The Hall–Kier alpha value is -9.84. The lowest BCUT2D eigenvalue weighted by atomic mass is 9.98. The normalized spacial score (nSPS) is 11.9. The monoisotopic (exact) mass is 962 g/mol. The highest BCUT2D eigenvalue weighted by Crippen LogP contribution is 2.52. The van der Waals surface area contributed by atoms with E-state index in [-0.39, 0.29) is 0 Å². The zero-order chi connectivity index (χ0) is 49.7. The summed E-state index contributed by atoms with van der Waals surface area (Å²) in [5.74, 6) is 0. The third kappa shape index (κ3) is 6.71. The van der Waals surface area contributed by atoms with Gasteiger partial charge in [0.15, 0.2) is 11.2 Å². The van der Waals surface area contributed by atoms with Crippen molar-refractivity contribution in [3.63, 3.8) is 0 Å². The SMILES string of the molecule is Cc1cccc2c1oc1c(N(c3cccc(-c4ccccc4)c3)c3cc4c5cc(N(c6cccc(-c7ccccc7)c6)c6cccc7c6oc6c(C)cccc67)c6ccccc6c5oc4c4ccccc34)cccc12. The van der Waals surface area contributed by atoms with E-state index in [1.807, 2.05) is 0 Å². The Morgan fingerprint density at radius 1 is 0.227 bits per heavy atom. The summed E-state index contributed by atoms with van der Waals surface area (Å²) in [5, 5.41) is 10.4. The minimum atomic E-state index is 0.824. The van der Waals surface area contributed by atoms with Crippen LogP contribution in [0.25, 0.3) is 110 Å². The number of furan rings is 3. The first-order chi connectivity index (χ1) is 37.0. The fourth-order valence-corrected chi connectivity index (χ4v) is 11.7. The van der Waals surface area contributed by atoms with Crippen LogP contribution in [-0.2, 0) is 0 Å². The van der Waals surface area contributed by atoms with Gasteiger partial charge in [-0.25, -0.2) is 0 Å². The van der Waals surface area contributed by atoms with Crippen molar-refractivity contribution in [1.29, 1.82) is 0 Å². The molecule has 0 aliphatic rings. The number of hydrogen-bond donors (Lipinski definition) is 0. The Kier molecular flexibility index (Phi) is 9.63. The molecule has 5 heteroatoms. The van der Waals surface area contributed by atoms with Crippen LogP contribution in [0, 0.1) is 13.8 Å². The van der Waals surface area contributed by atoms with Gasteiger partial charge in [-0.2, -0.15) is 0 Å². The van der Waals surface area contributed by atoms with Crippen LogP contribution in [0.2, 0.25) is 0 Å². The number of nitrogens with zero attached hydrogens (tertiary/aromatic N) is 2. The first-order valence-corrected chi connectivity index (χ1v) is 25.6. The van der Waals surface area contributed by atoms with Crippen molar-refractivity contribution in [3.8, 4) is 22.3 Å². The molecule has 0 aliphatic heterocycles. The summed E-state index contributed by atoms with van der Waals surface area (Å²) in [4.78, 5) is 4.78. The van der Waals surface area contributed by atoms with E-state index in [1.54, 1.807) is 0 Å². The highest BCUT2D eigenvalue weighted by atomic mass is 16.3. The van der Waals surface area contributed by atoms with E-state index < -0.39 is 0 Å². The summed E-state index contributed by atoms with van der Waals surface area (Å²) >= 11 is 0. The average Bonchev–Trinajstić information content (AvgIpc) is 4.19. The topological polar surface area (TPSA) is 45.9 Å².